The predicted molar refractivity (Wildman–Crippen MR) is 229 cm³/mol. The lowest BCUT2D eigenvalue weighted by atomic mass is 9.97. The van der Waals surface area contributed by atoms with Crippen LogP contribution < -0.4 is 15.1 Å². The lowest BCUT2D eigenvalue weighted by Crippen LogP contribution is -2.31. The largest absolute Gasteiger partial charge is 0.360 e. The molecule has 3 N–H and O–H groups in total. The third-order valence-corrected chi connectivity index (χ3v) is 13.6. The highest BCUT2D eigenvalue weighted by molar-refractivity contribution is 7.88. The number of hydrogen-bond acceptors (Lipinski definition) is 15. The van der Waals surface area contributed by atoms with Crippen molar-refractivity contribution in [2.45, 2.75) is 84.7 Å². The summed E-state index contributed by atoms with van der Waals surface area (Å²) in [5.74, 6) is 4.39. The van der Waals surface area contributed by atoms with Gasteiger partial charge in [0.1, 0.15) is 47.1 Å². The first kappa shape index (κ1) is 42.2. The van der Waals surface area contributed by atoms with Gasteiger partial charge in [0.15, 0.2) is 23.0 Å². The normalized spacial score (nSPS) is 19.1. The summed E-state index contributed by atoms with van der Waals surface area (Å²) in [5.41, 5.74) is 4.27. The average Bonchev–Trinajstić information content (AvgIpc) is 4.11. The molecule has 2 unspecified atom stereocenters. The summed E-state index contributed by atoms with van der Waals surface area (Å²) in [5, 5.41) is 13.5. The summed E-state index contributed by atoms with van der Waals surface area (Å²) in [6.07, 6.45) is 16.0. The van der Waals surface area contributed by atoms with Crippen molar-refractivity contribution in [3.8, 4) is 0 Å². The molecule has 19 heteroatoms. The maximum Gasteiger partial charge on any atom is 0.211 e. The SMILES string of the molecule is C.CS(=O)(=O)N1CCC(CCCC(=O)c2noc3c2CN(c2ncnc4[nH]ccc24)CC3)C1.O=C(CCCC1CCNC1)c1noc2c1CN(c1ncnc3[nH]ccc13)CC2. The van der Waals surface area contributed by atoms with E-state index in [0.29, 0.717) is 75.1 Å². The van der Waals surface area contributed by atoms with Crippen molar-refractivity contribution in [2.24, 2.45) is 11.8 Å². The Hall–Kier alpha value is -5.53. The molecule has 0 amide bonds. The van der Waals surface area contributed by atoms with Crippen molar-refractivity contribution in [3.63, 3.8) is 0 Å². The van der Waals surface area contributed by atoms with Gasteiger partial charge >= 0.3 is 0 Å². The number of anilines is 2. The summed E-state index contributed by atoms with van der Waals surface area (Å²) in [4.78, 5) is 53.7. The number of ketones is 2. The number of carbonyl (C=O) groups excluding carboxylic acids is 2. The van der Waals surface area contributed by atoms with Gasteiger partial charge in [-0.05, 0) is 75.6 Å². The van der Waals surface area contributed by atoms with Crippen LogP contribution in [0.4, 0.5) is 11.6 Å². The molecular weight excluding hydrogens is 801 g/mol. The first-order chi connectivity index (χ1) is 29.2. The van der Waals surface area contributed by atoms with Crippen molar-refractivity contribution >= 4 is 55.3 Å². The number of aromatic amines is 2. The summed E-state index contributed by atoms with van der Waals surface area (Å²) in [6, 6.07) is 3.94. The number of fused-ring (bicyclic) bond motifs is 4. The fourth-order valence-electron chi connectivity index (χ4n) is 9.07. The Morgan fingerprint density at radius 2 is 1.30 bits per heavy atom. The molecular formula is C42H54N12O6S. The van der Waals surface area contributed by atoms with E-state index >= 15 is 0 Å². The lowest BCUT2D eigenvalue weighted by Gasteiger charge is -2.27. The minimum Gasteiger partial charge on any atom is -0.360 e. The van der Waals surface area contributed by atoms with Gasteiger partial charge in [0.2, 0.25) is 10.0 Å². The van der Waals surface area contributed by atoms with E-state index < -0.39 is 10.0 Å². The third kappa shape index (κ3) is 9.09. The Kier molecular flexibility index (Phi) is 12.6. The number of nitrogens with one attached hydrogen (secondary N) is 3. The van der Waals surface area contributed by atoms with Crippen LogP contribution in [0.3, 0.4) is 0 Å². The van der Waals surface area contributed by atoms with Gasteiger partial charge in [0, 0.05) is 75.4 Å². The second kappa shape index (κ2) is 18.2. The number of aromatic nitrogens is 8. The summed E-state index contributed by atoms with van der Waals surface area (Å²) in [7, 11) is -3.13. The summed E-state index contributed by atoms with van der Waals surface area (Å²) < 4.78 is 35.9. The minimum absolute atomic E-state index is 0. The van der Waals surface area contributed by atoms with E-state index in [2.05, 4.69) is 55.3 Å². The Morgan fingerprint density at radius 3 is 1.79 bits per heavy atom. The number of rotatable bonds is 13. The van der Waals surface area contributed by atoms with Gasteiger partial charge in [0.25, 0.3) is 0 Å². The van der Waals surface area contributed by atoms with E-state index in [4.69, 9.17) is 9.05 Å². The number of carbonyl (C=O) groups is 2. The van der Waals surface area contributed by atoms with Gasteiger partial charge in [-0.15, -0.1) is 0 Å². The molecule has 0 aromatic carbocycles. The number of Topliss-reactive ketones (excluding diaryl/α,β-unsaturated/α-hetero) is 2. The Bertz CT molecular complexity index is 2590. The molecule has 10 rings (SSSR count). The van der Waals surface area contributed by atoms with Crippen molar-refractivity contribution in [2.75, 3.05) is 55.3 Å². The highest BCUT2D eigenvalue weighted by Gasteiger charge is 2.32. The van der Waals surface area contributed by atoms with Gasteiger partial charge in [0.05, 0.1) is 30.1 Å². The fraction of sp³-hybridized carbons (Fsp3) is 0.524. The van der Waals surface area contributed by atoms with Crippen LogP contribution in [0.2, 0.25) is 0 Å². The van der Waals surface area contributed by atoms with Crippen molar-refractivity contribution in [3.05, 3.63) is 71.2 Å². The van der Waals surface area contributed by atoms with Crippen LogP contribution in [0.25, 0.3) is 22.1 Å². The molecule has 6 aromatic rings. The van der Waals surface area contributed by atoms with E-state index in [1.165, 1.54) is 23.3 Å². The molecule has 0 spiro atoms. The summed E-state index contributed by atoms with van der Waals surface area (Å²) >= 11 is 0. The lowest BCUT2D eigenvalue weighted by molar-refractivity contribution is 0.0960. The zero-order valence-electron chi connectivity index (χ0n) is 33.7. The average molecular weight is 855 g/mol. The molecule has 2 atom stereocenters. The smallest absolute Gasteiger partial charge is 0.211 e. The first-order valence-corrected chi connectivity index (χ1v) is 22.8. The van der Waals surface area contributed by atoms with Gasteiger partial charge in [-0.25, -0.2) is 32.7 Å². The molecule has 324 valence electrons. The highest BCUT2D eigenvalue weighted by Crippen LogP contribution is 2.32. The topological polar surface area (TPSA) is 225 Å². The Balaban J connectivity index is 0.000000167. The monoisotopic (exact) mass is 854 g/mol. The van der Waals surface area contributed by atoms with E-state index in [1.54, 1.807) is 6.33 Å². The Morgan fingerprint density at radius 1 is 0.754 bits per heavy atom. The molecule has 2 saturated heterocycles. The van der Waals surface area contributed by atoms with E-state index in [9.17, 15) is 18.0 Å². The van der Waals surface area contributed by atoms with E-state index in [1.807, 2.05) is 24.5 Å². The number of nitrogens with zero attached hydrogens (tertiary/aromatic N) is 9. The van der Waals surface area contributed by atoms with Crippen LogP contribution in [-0.2, 0) is 36.0 Å². The van der Waals surface area contributed by atoms with Crippen molar-refractivity contribution in [1.82, 2.24) is 49.8 Å². The number of H-pyrrole nitrogens is 2. The van der Waals surface area contributed by atoms with E-state index in [0.717, 1.165) is 115 Å². The number of sulfonamides is 1. The van der Waals surface area contributed by atoms with Crippen molar-refractivity contribution in [1.29, 1.82) is 0 Å². The molecule has 2 fully saturated rings. The molecule has 0 radical (unpaired) electrons. The second-order valence-corrected chi connectivity index (χ2v) is 18.3. The number of hydrogen-bond donors (Lipinski definition) is 3. The molecule has 0 bridgehead atoms. The van der Waals surface area contributed by atoms with Gasteiger partial charge in [-0.3, -0.25) is 9.59 Å². The zero-order valence-corrected chi connectivity index (χ0v) is 34.5. The molecule has 18 nitrogen and oxygen atoms in total. The second-order valence-electron chi connectivity index (χ2n) is 16.3. The maximum absolute atomic E-state index is 12.9. The third-order valence-electron chi connectivity index (χ3n) is 12.4. The Labute approximate surface area is 354 Å². The van der Waals surface area contributed by atoms with Crippen LogP contribution in [-0.4, -0.2) is 110 Å². The van der Waals surface area contributed by atoms with Gasteiger partial charge < -0.3 is 34.1 Å². The quantitative estimate of drug-likeness (QED) is 0.126. The molecule has 0 aliphatic carbocycles. The summed E-state index contributed by atoms with van der Waals surface area (Å²) in [6.45, 7) is 5.91. The van der Waals surface area contributed by atoms with Crippen LogP contribution >= 0.6 is 0 Å². The molecule has 0 saturated carbocycles. The fourth-order valence-corrected chi connectivity index (χ4v) is 9.99. The zero-order chi connectivity index (χ0) is 41.2. The van der Waals surface area contributed by atoms with Crippen LogP contribution in [0.15, 0.2) is 46.2 Å². The maximum atomic E-state index is 12.9. The molecule has 4 aliphatic heterocycles. The molecule has 6 aromatic heterocycles. The molecule has 61 heavy (non-hydrogen) atoms. The van der Waals surface area contributed by atoms with Crippen LogP contribution in [0.5, 0.6) is 0 Å². The molecule has 4 aliphatic rings. The van der Waals surface area contributed by atoms with Crippen LogP contribution in [0, 0.1) is 11.8 Å². The van der Waals surface area contributed by atoms with Crippen LogP contribution in [0.1, 0.15) is 102 Å². The minimum atomic E-state index is -3.13. The highest BCUT2D eigenvalue weighted by atomic mass is 32.2. The predicted octanol–water partition coefficient (Wildman–Crippen LogP) is 5.25. The van der Waals surface area contributed by atoms with Crippen molar-refractivity contribution < 1.29 is 27.1 Å². The van der Waals surface area contributed by atoms with E-state index in [-0.39, 0.29) is 19.0 Å². The van der Waals surface area contributed by atoms with Gasteiger partial charge in [-0.2, -0.15) is 0 Å². The molecule has 10 heterocycles. The van der Waals surface area contributed by atoms with Gasteiger partial charge in [-0.1, -0.05) is 17.7 Å². The standard InChI is InChI=1S/C21H26N6O4S.C20H24N6O2.CH4/c1-32(29,30)27-10-6-14(11-27)3-2-4-17(28)19-16-12-26(9-7-18(16)31-25-19)21-15-5-8-22-20(15)23-13-24-21;27-16(3-1-2-13-4-7-21-10-13)18-15-11-26(9-6-17(15)28-25-18)20-14-5-8-22-19(14)23-12-24-20;/h5,8,13-14H,2-4,6-7,9-12H2,1H3,(H,22,23,24);5,8,12-13,21H,1-4,6-7,9-11H2,(H,22,23,24);1H4. The first-order valence-electron chi connectivity index (χ1n) is 20.9.